The van der Waals surface area contributed by atoms with Gasteiger partial charge in [-0.15, -0.1) is 0 Å². The van der Waals surface area contributed by atoms with Crippen LogP contribution in [-0.4, -0.2) is 44.8 Å². The summed E-state index contributed by atoms with van der Waals surface area (Å²) in [6.07, 6.45) is 0.525. The molecule has 1 aliphatic heterocycles. The number of carboxylic acids is 1. The summed E-state index contributed by atoms with van der Waals surface area (Å²) in [5.74, 6) is -1.37. The third kappa shape index (κ3) is 3.32. The minimum Gasteiger partial charge on any atom is -0.481 e. The van der Waals surface area contributed by atoms with Crippen LogP contribution in [0.3, 0.4) is 0 Å². The van der Waals surface area contributed by atoms with Crippen LogP contribution in [0.2, 0.25) is 0 Å². The number of likely N-dealkylation sites (tertiary alicyclic amines) is 1. The van der Waals surface area contributed by atoms with Gasteiger partial charge in [-0.05, 0) is 44.0 Å². The molecule has 1 aliphatic rings. The Balaban J connectivity index is 1.67. The zero-order valence-electron chi connectivity index (χ0n) is 13.9. The largest absolute Gasteiger partial charge is 0.481 e. The maximum Gasteiger partial charge on any atom is 0.308 e. The van der Waals surface area contributed by atoms with Gasteiger partial charge in [0.2, 0.25) is 0 Å². The van der Waals surface area contributed by atoms with E-state index < -0.39 is 11.9 Å². The Labute approximate surface area is 140 Å². The van der Waals surface area contributed by atoms with Gasteiger partial charge in [0.25, 0.3) is 5.91 Å². The molecule has 1 aromatic carbocycles. The highest BCUT2D eigenvalue weighted by Crippen LogP contribution is 2.19. The second kappa shape index (κ2) is 6.47. The topological polar surface area (TPSA) is 75.4 Å². The zero-order chi connectivity index (χ0) is 17.3. The molecule has 6 heteroatoms. The average molecular weight is 327 g/mol. The lowest BCUT2D eigenvalue weighted by molar-refractivity contribution is -0.141. The standard InChI is InChI=1S/C18H21N3O3/c1-12-9-13(2)21(19-12)10-14-3-5-15(6-4-14)17(22)20-8-7-16(11-20)18(23)24/h3-6,9,16H,7-8,10-11H2,1-2H3,(H,23,24)/t16-/m1/s1. The molecule has 0 saturated carbocycles. The van der Waals surface area contributed by atoms with Crippen LogP contribution in [0.4, 0.5) is 0 Å². The van der Waals surface area contributed by atoms with Gasteiger partial charge in [0.05, 0.1) is 18.2 Å². The molecule has 0 spiro atoms. The van der Waals surface area contributed by atoms with Gasteiger partial charge in [-0.1, -0.05) is 12.1 Å². The summed E-state index contributed by atoms with van der Waals surface area (Å²) in [6, 6.07) is 9.49. The van der Waals surface area contributed by atoms with Crippen molar-refractivity contribution in [2.75, 3.05) is 13.1 Å². The van der Waals surface area contributed by atoms with Gasteiger partial charge in [0, 0.05) is 24.3 Å². The summed E-state index contributed by atoms with van der Waals surface area (Å²) >= 11 is 0. The van der Waals surface area contributed by atoms with Crippen molar-refractivity contribution < 1.29 is 14.7 Å². The number of hydrogen-bond donors (Lipinski definition) is 1. The van der Waals surface area contributed by atoms with Crippen LogP contribution >= 0.6 is 0 Å². The first kappa shape index (κ1) is 16.2. The number of nitrogens with zero attached hydrogens (tertiary/aromatic N) is 3. The van der Waals surface area contributed by atoms with Gasteiger partial charge in [-0.2, -0.15) is 5.10 Å². The van der Waals surface area contributed by atoms with Crippen molar-refractivity contribution in [3.05, 3.63) is 52.8 Å². The minimum atomic E-state index is -0.828. The number of aromatic nitrogens is 2. The highest BCUT2D eigenvalue weighted by Gasteiger charge is 2.31. The maximum atomic E-state index is 12.5. The van der Waals surface area contributed by atoms with Crippen molar-refractivity contribution in [3.63, 3.8) is 0 Å². The molecular weight excluding hydrogens is 306 g/mol. The summed E-state index contributed by atoms with van der Waals surface area (Å²) in [5.41, 5.74) is 3.76. The van der Waals surface area contributed by atoms with Gasteiger partial charge in [0.15, 0.2) is 0 Å². The van der Waals surface area contributed by atoms with Crippen LogP contribution < -0.4 is 0 Å². The fourth-order valence-corrected chi connectivity index (χ4v) is 3.09. The molecule has 0 radical (unpaired) electrons. The first-order valence-electron chi connectivity index (χ1n) is 8.06. The van der Waals surface area contributed by atoms with Crippen LogP contribution in [0.15, 0.2) is 30.3 Å². The van der Waals surface area contributed by atoms with Crippen LogP contribution in [-0.2, 0) is 11.3 Å². The summed E-state index contributed by atoms with van der Waals surface area (Å²) in [5, 5.41) is 13.5. The number of aryl methyl sites for hydroxylation is 2. The molecule has 1 saturated heterocycles. The first-order chi connectivity index (χ1) is 11.4. The molecule has 24 heavy (non-hydrogen) atoms. The first-order valence-corrected chi connectivity index (χ1v) is 8.06. The Hall–Kier alpha value is -2.63. The molecule has 2 aromatic rings. The average Bonchev–Trinajstić information content (AvgIpc) is 3.15. The van der Waals surface area contributed by atoms with Crippen LogP contribution in [0.1, 0.15) is 33.7 Å². The van der Waals surface area contributed by atoms with Crippen molar-refractivity contribution in [2.45, 2.75) is 26.8 Å². The Kier molecular flexibility index (Phi) is 4.38. The van der Waals surface area contributed by atoms with Crippen molar-refractivity contribution in [1.29, 1.82) is 0 Å². The Morgan fingerprint density at radius 2 is 1.96 bits per heavy atom. The Bertz CT molecular complexity index is 764. The highest BCUT2D eigenvalue weighted by molar-refractivity contribution is 5.94. The van der Waals surface area contributed by atoms with E-state index in [9.17, 15) is 9.59 Å². The maximum absolute atomic E-state index is 12.5. The molecule has 3 rings (SSSR count). The van der Waals surface area contributed by atoms with Gasteiger partial charge in [-0.3, -0.25) is 14.3 Å². The highest BCUT2D eigenvalue weighted by atomic mass is 16.4. The minimum absolute atomic E-state index is 0.101. The second-order valence-corrected chi connectivity index (χ2v) is 6.36. The van der Waals surface area contributed by atoms with E-state index in [1.165, 1.54) is 0 Å². The van der Waals surface area contributed by atoms with E-state index in [0.29, 0.717) is 31.6 Å². The van der Waals surface area contributed by atoms with Crippen molar-refractivity contribution in [2.24, 2.45) is 5.92 Å². The quantitative estimate of drug-likeness (QED) is 0.933. The van der Waals surface area contributed by atoms with Crippen molar-refractivity contribution >= 4 is 11.9 Å². The monoisotopic (exact) mass is 327 g/mol. The number of aliphatic carboxylic acids is 1. The van der Waals surface area contributed by atoms with Gasteiger partial charge < -0.3 is 10.0 Å². The molecule has 1 fully saturated rings. The summed E-state index contributed by atoms with van der Waals surface area (Å²) < 4.78 is 1.93. The lowest BCUT2D eigenvalue weighted by Gasteiger charge is -2.16. The summed E-state index contributed by atoms with van der Waals surface area (Å²) in [6.45, 7) is 5.44. The second-order valence-electron chi connectivity index (χ2n) is 6.36. The van der Waals surface area contributed by atoms with Crippen LogP contribution in [0.25, 0.3) is 0 Å². The number of hydrogen-bond acceptors (Lipinski definition) is 3. The zero-order valence-corrected chi connectivity index (χ0v) is 13.9. The number of carbonyl (C=O) groups is 2. The third-order valence-corrected chi connectivity index (χ3v) is 4.46. The molecular formula is C18H21N3O3. The Morgan fingerprint density at radius 1 is 1.25 bits per heavy atom. The molecule has 1 aromatic heterocycles. The van der Waals surface area contributed by atoms with Crippen LogP contribution in [0.5, 0.6) is 0 Å². The lowest BCUT2D eigenvalue weighted by atomic mass is 10.1. The molecule has 0 unspecified atom stereocenters. The smallest absolute Gasteiger partial charge is 0.308 e. The third-order valence-electron chi connectivity index (χ3n) is 4.46. The summed E-state index contributed by atoms with van der Waals surface area (Å²) in [7, 11) is 0. The molecule has 1 atom stereocenters. The predicted octanol–water partition coefficient (Wildman–Crippen LogP) is 2.09. The molecule has 126 valence electrons. The number of benzene rings is 1. The fourth-order valence-electron chi connectivity index (χ4n) is 3.09. The van der Waals surface area contributed by atoms with E-state index in [2.05, 4.69) is 5.10 Å². The van der Waals surface area contributed by atoms with E-state index in [1.807, 2.05) is 36.7 Å². The van der Waals surface area contributed by atoms with E-state index >= 15 is 0 Å². The molecule has 1 amide bonds. The molecule has 2 heterocycles. The lowest BCUT2D eigenvalue weighted by Crippen LogP contribution is -2.29. The summed E-state index contributed by atoms with van der Waals surface area (Å²) in [4.78, 5) is 25.1. The molecule has 6 nitrogen and oxygen atoms in total. The van der Waals surface area contributed by atoms with E-state index in [-0.39, 0.29) is 5.91 Å². The Morgan fingerprint density at radius 3 is 2.50 bits per heavy atom. The fraction of sp³-hybridized carbons (Fsp3) is 0.389. The normalized spacial score (nSPS) is 17.2. The van der Waals surface area contributed by atoms with E-state index in [0.717, 1.165) is 17.0 Å². The number of rotatable bonds is 4. The van der Waals surface area contributed by atoms with Crippen molar-refractivity contribution in [1.82, 2.24) is 14.7 Å². The predicted molar refractivity (Wildman–Crippen MR) is 88.9 cm³/mol. The number of amides is 1. The molecule has 0 aliphatic carbocycles. The molecule has 1 N–H and O–H groups in total. The van der Waals surface area contributed by atoms with Gasteiger partial charge >= 0.3 is 5.97 Å². The van der Waals surface area contributed by atoms with Crippen molar-refractivity contribution in [3.8, 4) is 0 Å². The van der Waals surface area contributed by atoms with Gasteiger partial charge in [-0.25, -0.2) is 0 Å². The van der Waals surface area contributed by atoms with Crippen LogP contribution in [0, 0.1) is 19.8 Å². The SMILES string of the molecule is Cc1cc(C)n(Cc2ccc(C(=O)N3CC[C@@H](C(=O)O)C3)cc2)n1. The number of carboxylic acid groups (broad SMARTS) is 1. The molecule has 0 bridgehead atoms. The number of carbonyl (C=O) groups excluding carboxylic acids is 1. The van der Waals surface area contributed by atoms with E-state index in [4.69, 9.17) is 5.11 Å². The van der Waals surface area contributed by atoms with E-state index in [1.54, 1.807) is 17.0 Å². The van der Waals surface area contributed by atoms with Gasteiger partial charge in [0.1, 0.15) is 0 Å².